The predicted octanol–water partition coefficient (Wildman–Crippen LogP) is 5.30. The molecule has 0 saturated carbocycles. The van der Waals surface area contributed by atoms with Gasteiger partial charge in [0.15, 0.2) is 0 Å². The van der Waals surface area contributed by atoms with Crippen LogP contribution >= 0.6 is 23.2 Å². The van der Waals surface area contributed by atoms with Gasteiger partial charge in [-0.3, -0.25) is 0 Å². The van der Waals surface area contributed by atoms with Crippen LogP contribution in [0, 0.1) is 5.82 Å². The molecule has 0 radical (unpaired) electrons. The van der Waals surface area contributed by atoms with Gasteiger partial charge in [-0.15, -0.1) is 0 Å². The maximum atomic E-state index is 13.4. The van der Waals surface area contributed by atoms with Gasteiger partial charge in [-0.25, -0.2) is 4.39 Å². The fourth-order valence-corrected chi connectivity index (χ4v) is 2.46. The van der Waals surface area contributed by atoms with E-state index in [0.717, 1.165) is 36.2 Å². The summed E-state index contributed by atoms with van der Waals surface area (Å²) < 4.78 is 13.4. The summed E-state index contributed by atoms with van der Waals surface area (Å²) in [4.78, 5) is 0. The molecule has 4 heteroatoms. The number of halogens is 3. The van der Waals surface area contributed by atoms with Gasteiger partial charge in [-0.05, 0) is 53.9 Å². The van der Waals surface area contributed by atoms with Gasteiger partial charge in [0.25, 0.3) is 0 Å². The molecule has 0 heterocycles. The molecule has 2 aromatic rings. The Balaban J connectivity index is 2.23. The van der Waals surface area contributed by atoms with Gasteiger partial charge in [0.05, 0.1) is 0 Å². The van der Waals surface area contributed by atoms with E-state index >= 15 is 0 Å². The zero-order valence-corrected chi connectivity index (χ0v) is 12.7. The number of nitrogens with one attached hydrogen (secondary N) is 1. The zero-order valence-electron chi connectivity index (χ0n) is 11.2. The fourth-order valence-electron chi connectivity index (χ4n) is 1.99. The van der Waals surface area contributed by atoms with Crippen molar-refractivity contribution in [2.24, 2.45) is 0 Å². The maximum absolute atomic E-state index is 13.4. The van der Waals surface area contributed by atoms with Crippen LogP contribution in [0.25, 0.3) is 11.1 Å². The molecule has 2 aromatic carbocycles. The minimum atomic E-state index is -0.350. The molecule has 2 rings (SSSR count). The molecule has 0 bridgehead atoms. The van der Waals surface area contributed by atoms with Crippen LogP contribution in [0.1, 0.15) is 18.9 Å². The van der Waals surface area contributed by atoms with Crippen LogP contribution < -0.4 is 5.32 Å². The molecule has 0 aromatic heterocycles. The minimum absolute atomic E-state index is 0.350. The molecule has 1 N–H and O–H groups in total. The van der Waals surface area contributed by atoms with Crippen LogP contribution in [0.3, 0.4) is 0 Å². The highest BCUT2D eigenvalue weighted by atomic mass is 35.5. The molecule has 0 saturated heterocycles. The van der Waals surface area contributed by atoms with E-state index in [2.05, 4.69) is 12.2 Å². The van der Waals surface area contributed by atoms with Crippen molar-refractivity contribution in [1.29, 1.82) is 0 Å². The van der Waals surface area contributed by atoms with Crippen molar-refractivity contribution in [3.63, 3.8) is 0 Å². The number of hydrogen-bond donors (Lipinski definition) is 1. The molecule has 0 atom stereocenters. The summed E-state index contributed by atoms with van der Waals surface area (Å²) >= 11 is 12.1. The quantitative estimate of drug-likeness (QED) is 0.739. The third kappa shape index (κ3) is 3.95. The average Bonchev–Trinajstić information content (AvgIpc) is 2.39. The van der Waals surface area contributed by atoms with Crippen molar-refractivity contribution in [3.8, 4) is 11.1 Å². The molecule has 0 aliphatic heterocycles. The second-order valence-electron chi connectivity index (χ2n) is 4.64. The van der Waals surface area contributed by atoms with Crippen molar-refractivity contribution < 1.29 is 4.39 Å². The normalized spacial score (nSPS) is 10.8. The van der Waals surface area contributed by atoms with E-state index in [4.69, 9.17) is 23.2 Å². The second kappa shape index (κ2) is 7.07. The first-order chi connectivity index (χ1) is 9.60. The summed E-state index contributed by atoms with van der Waals surface area (Å²) in [6, 6.07) is 10.2. The standard InChI is InChI=1S/C16H16Cl2FN/c1-2-5-20-10-12-4-3-11(8-16(12)18)13-6-14(17)9-15(19)7-13/h3-4,6-9,20H,2,5,10H2,1H3. The molecule has 0 spiro atoms. The first-order valence-electron chi connectivity index (χ1n) is 6.55. The minimum Gasteiger partial charge on any atom is -0.313 e. The van der Waals surface area contributed by atoms with Crippen LogP contribution in [0.2, 0.25) is 10.0 Å². The molecule has 20 heavy (non-hydrogen) atoms. The topological polar surface area (TPSA) is 12.0 Å². The zero-order chi connectivity index (χ0) is 14.5. The summed E-state index contributed by atoms with van der Waals surface area (Å²) in [7, 11) is 0. The van der Waals surface area contributed by atoms with Crippen molar-refractivity contribution in [2.45, 2.75) is 19.9 Å². The Labute approximate surface area is 128 Å². The Hall–Kier alpha value is -1.09. The summed E-state index contributed by atoms with van der Waals surface area (Å²) in [6.07, 6.45) is 1.08. The third-order valence-corrected chi connectivity index (χ3v) is 3.56. The van der Waals surface area contributed by atoms with Gasteiger partial charge in [0.1, 0.15) is 5.82 Å². The van der Waals surface area contributed by atoms with Crippen molar-refractivity contribution in [2.75, 3.05) is 6.54 Å². The predicted molar refractivity (Wildman–Crippen MR) is 83.9 cm³/mol. The number of hydrogen-bond acceptors (Lipinski definition) is 1. The lowest BCUT2D eigenvalue weighted by Gasteiger charge is -2.09. The van der Waals surface area contributed by atoms with E-state index in [1.165, 1.54) is 12.1 Å². The van der Waals surface area contributed by atoms with Crippen molar-refractivity contribution >= 4 is 23.2 Å². The molecule has 0 aliphatic rings. The summed E-state index contributed by atoms with van der Waals surface area (Å²) in [5.74, 6) is -0.350. The highest BCUT2D eigenvalue weighted by Crippen LogP contribution is 2.28. The SMILES string of the molecule is CCCNCc1ccc(-c2cc(F)cc(Cl)c2)cc1Cl. The van der Waals surface area contributed by atoms with Gasteiger partial charge in [-0.1, -0.05) is 42.3 Å². The van der Waals surface area contributed by atoms with E-state index in [0.29, 0.717) is 10.0 Å². The highest BCUT2D eigenvalue weighted by molar-refractivity contribution is 6.32. The largest absolute Gasteiger partial charge is 0.313 e. The van der Waals surface area contributed by atoms with Crippen molar-refractivity contribution in [1.82, 2.24) is 5.32 Å². The average molecular weight is 312 g/mol. The summed E-state index contributed by atoms with van der Waals surface area (Å²) in [5.41, 5.74) is 2.62. The number of rotatable bonds is 5. The lowest BCUT2D eigenvalue weighted by Crippen LogP contribution is -2.13. The van der Waals surface area contributed by atoms with Gasteiger partial charge in [-0.2, -0.15) is 0 Å². The molecular weight excluding hydrogens is 296 g/mol. The Bertz CT molecular complexity index is 579. The molecule has 0 amide bonds. The van der Waals surface area contributed by atoms with Crippen molar-refractivity contribution in [3.05, 3.63) is 57.8 Å². The van der Waals surface area contributed by atoms with Crippen LogP contribution in [0.15, 0.2) is 36.4 Å². The van der Waals surface area contributed by atoms with E-state index < -0.39 is 0 Å². The van der Waals surface area contributed by atoms with Crippen LogP contribution in [-0.2, 0) is 6.54 Å². The molecule has 106 valence electrons. The van der Waals surface area contributed by atoms with Crippen LogP contribution in [0.5, 0.6) is 0 Å². The maximum Gasteiger partial charge on any atom is 0.125 e. The van der Waals surface area contributed by atoms with Gasteiger partial charge in [0, 0.05) is 16.6 Å². The van der Waals surface area contributed by atoms with Gasteiger partial charge < -0.3 is 5.32 Å². The first-order valence-corrected chi connectivity index (χ1v) is 7.31. The van der Waals surface area contributed by atoms with Gasteiger partial charge >= 0.3 is 0 Å². The Morgan fingerprint density at radius 1 is 1.05 bits per heavy atom. The number of benzene rings is 2. The lowest BCUT2D eigenvalue weighted by molar-refractivity contribution is 0.628. The molecule has 0 aliphatic carbocycles. The Morgan fingerprint density at radius 3 is 2.50 bits per heavy atom. The van der Waals surface area contributed by atoms with Gasteiger partial charge in [0.2, 0.25) is 0 Å². The fraction of sp³-hybridized carbons (Fsp3) is 0.250. The molecule has 1 nitrogen and oxygen atoms in total. The smallest absolute Gasteiger partial charge is 0.125 e. The molecular formula is C16H16Cl2FN. The monoisotopic (exact) mass is 311 g/mol. The third-order valence-electron chi connectivity index (χ3n) is 2.99. The molecule has 0 unspecified atom stereocenters. The second-order valence-corrected chi connectivity index (χ2v) is 5.48. The first kappa shape index (κ1) is 15.3. The van der Waals surface area contributed by atoms with E-state index in [1.807, 2.05) is 18.2 Å². The highest BCUT2D eigenvalue weighted by Gasteiger charge is 2.06. The Morgan fingerprint density at radius 2 is 1.85 bits per heavy atom. The van der Waals surface area contributed by atoms with Crippen LogP contribution in [0.4, 0.5) is 4.39 Å². The van der Waals surface area contributed by atoms with E-state index in [1.54, 1.807) is 6.07 Å². The van der Waals surface area contributed by atoms with E-state index in [-0.39, 0.29) is 5.82 Å². The summed E-state index contributed by atoms with van der Waals surface area (Å²) in [5, 5.41) is 4.36. The van der Waals surface area contributed by atoms with Crippen LogP contribution in [-0.4, -0.2) is 6.54 Å². The lowest BCUT2D eigenvalue weighted by atomic mass is 10.0. The Kier molecular flexibility index (Phi) is 5.41. The molecule has 0 fully saturated rings. The van der Waals surface area contributed by atoms with E-state index in [9.17, 15) is 4.39 Å². The summed E-state index contributed by atoms with van der Waals surface area (Å²) in [6.45, 7) is 3.81.